The minimum atomic E-state index is -0.806. The quantitative estimate of drug-likeness (QED) is 0.831. The molecule has 0 unspecified atom stereocenters. The summed E-state index contributed by atoms with van der Waals surface area (Å²) >= 11 is 0. The molecule has 1 saturated carbocycles. The highest BCUT2D eigenvalue weighted by atomic mass is 16.2. The van der Waals surface area contributed by atoms with Crippen LogP contribution in [0.1, 0.15) is 36.0 Å². The first-order valence-corrected chi connectivity index (χ1v) is 6.60. The van der Waals surface area contributed by atoms with Gasteiger partial charge in [-0.15, -0.1) is 0 Å². The lowest BCUT2D eigenvalue weighted by atomic mass is 9.82. The van der Waals surface area contributed by atoms with Crippen LogP contribution in [0.25, 0.3) is 0 Å². The summed E-state index contributed by atoms with van der Waals surface area (Å²) in [5, 5.41) is 2.63. The predicted molar refractivity (Wildman–Crippen MR) is 71.7 cm³/mol. The van der Waals surface area contributed by atoms with Crippen LogP contribution in [0, 0.1) is 5.92 Å². The normalized spacial score (nSPS) is 20.2. The van der Waals surface area contributed by atoms with Gasteiger partial charge >= 0.3 is 0 Å². The highest BCUT2D eigenvalue weighted by Crippen LogP contribution is 2.24. The number of amides is 2. The van der Waals surface area contributed by atoms with E-state index in [2.05, 4.69) is 10.3 Å². The molecule has 0 aliphatic heterocycles. The summed E-state index contributed by atoms with van der Waals surface area (Å²) < 4.78 is 0. The van der Waals surface area contributed by atoms with Gasteiger partial charge in [-0.3, -0.25) is 19.4 Å². The Hall–Kier alpha value is -2.24. The van der Waals surface area contributed by atoms with Gasteiger partial charge in [-0.2, -0.15) is 0 Å². The van der Waals surface area contributed by atoms with Gasteiger partial charge in [0.15, 0.2) is 0 Å². The number of nitrogens with zero attached hydrogens (tertiary/aromatic N) is 1. The van der Waals surface area contributed by atoms with Crippen molar-refractivity contribution < 1.29 is 14.4 Å². The number of carbonyl (C=O) groups is 3. The molecule has 6 nitrogen and oxygen atoms in total. The third-order valence-electron chi connectivity index (χ3n) is 3.53. The van der Waals surface area contributed by atoms with Crippen molar-refractivity contribution in [1.82, 2.24) is 10.3 Å². The smallest absolute Gasteiger partial charge is 0.252 e. The van der Waals surface area contributed by atoms with Gasteiger partial charge in [0.25, 0.3) is 5.91 Å². The van der Waals surface area contributed by atoms with E-state index in [1.165, 1.54) is 12.4 Å². The number of Topliss-reactive ketones (excluding diaryl/α,β-unsaturated/α-hetero) is 1. The minimum absolute atomic E-state index is 0.116. The van der Waals surface area contributed by atoms with Gasteiger partial charge in [0.1, 0.15) is 11.8 Å². The SMILES string of the molecule is NC(=O)[C@@H](NC(=O)c1ccncc1)[C@H]1CCCC(=O)C1. The van der Waals surface area contributed by atoms with Crippen molar-refractivity contribution in [2.75, 3.05) is 0 Å². The monoisotopic (exact) mass is 275 g/mol. The molecule has 6 heteroatoms. The van der Waals surface area contributed by atoms with Crippen molar-refractivity contribution in [3.63, 3.8) is 0 Å². The summed E-state index contributed by atoms with van der Waals surface area (Å²) in [6.07, 6.45) is 5.29. The zero-order valence-corrected chi connectivity index (χ0v) is 11.0. The third-order valence-corrected chi connectivity index (χ3v) is 3.53. The molecular weight excluding hydrogens is 258 g/mol. The fourth-order valence-corrected chi connectivity index (χ4v) is 2.49. The van der Waals surface area contributed by atoms with E-state index in [-0.39, 0.29) is 17.6 Å². The summed E-state index contributed by atoms with van der Waals surface area (Å²) in [7, 11) is 0. The number of primary amides is 1. The largest absolute Gasteiger partial charge is 0.368 e. The summed E-state index contributed by atoms with van der Waals surface area (Å²) in [5.41, 5.74) is 5.77. The van der Waals surface area contributed by atoms with E-state index in [4.69, 9.17) is 5.73 Å². The number of ketones is 1. The standard InChI is InChI=1S/C14H17N3O3/c15-13(19)12(10-2-1-3-11(18)8-10)17-14(20)9-4-6-16-7-5-9/h4-7,10,12H,1-3,8H2,(H2,15,19)(H,17,20)/t10-,12-/m0/s1. The second kappa shape index (κ2) is 6.27. The molecule has 2 rings (SSSR count). The lowest BCUT2D eigenvalue weighted by Gasteiger charge is -2.28. The highest BCUT2D eigenvalue weighted by Gasteiger charge is 2.32. The summed E-state index contributed by atoms with van der Waals surface area (Å²) in [6.45, 7) is 0. The van der Waals surface area contributed by atoms with Crippen LogP contribution < -0.4 is 11.1 Å². The molecule has 0 spiro atoms. The van der Waals surface area contributed by atoms with Crippen LogP contribution in [-0.2, 0) is 9.59 Å². The van der Waals surface area contributed by atoms with Crippen molar-refractivity contribution in [2.24, 2.45) is 11.7 Å². The van der Waals surface area contributed by atoms with Crippen LogP contribution >= 0.6 is 0 Å². The Bertz CT molecular complexity index is 516. The van der Waals surface area contributed by atoms with E-state index in [0.717, 1.165) is 12.8 Å². The maximum Gasteiger partial charge on any atom is 0.252 e. The van der Waals surface area contributed by atoms with Crippen molar-refractivity contribution in [2.45, 2.75) is 31.7 Å². The first-order valence-electron chi connectivity index (χ1n) is 6.60. The van der Waals surface area contributed by atoms with E-state index in [0.29, 0.717) is 18.4 Å². The van der Waals surface area contributed by atoms with Crippen LogP contribution in [0.4, 0.5) is 0 Å². The summed E-state index contributed by atoms with van der Waals surface area (Å²) in [6, 6.07) is 2.30. The number of nitrogens with one attached hydrogen (secondary N) is 1. The van der Waals surface area contributed by atoms with E-state index in [1.807, 2.05) is 0 Å². The van der Waals surface area contributed by atoms with Crippen molar-refractivity contribution >= 4 is 17.6 Å². The molecule has 0 bridgehead atoms. The number of pyridine rings is 1. The minimum Gasteiger partial charge on any atom is -0.368 e. The molecule has 2 amide bonds. The third kappa shape index (κ3) is 3.40. The average Bonchev–Trinajstić information content (AvgIpc) is 2.45. The Morgan fingerprint density at radius 3 is 2.65 bits per heavy atom. The fraction of sp³-hybridized carbons (Fsp3) is 0.429. The van der Waals surface area contributed by atoms with Crippen LogP contribution in [0.3, 0.4) is 0 Å². The second-order valence-corrected chi connectivity index (χ2v) is 4.98. The molecule has 106 valence electrons. The molecule has 0 saturated heterocycles. The van der Waals surface area contributed by atoms with Gasteiger partial charge < -0.3 is 11.1 Å². The van der Waals surface area contributed by atoms with Gasteiger partial charge in [0, 0.05) is 30.8 Å². The lowest BCUT2D eigenvalue weighted by Crippen LogP contribution is -2.50. The number of carbonyl (C=O) groups excluding carboxylic acids is 3. The maximum atomic E-state index is 12.1. The molecular formula is C14H17N3O3. The molecule has 1 heterocycles. The Labute approximate surface area is 116 Å². The number of hydrogen-bond donors (Lipinski definition) is 2. The highest BCUT2D eigenvalue weighted by molar-refractivity contribution is 5.97. The molecule has 1 fully saturated rings. The average molecular weight is 275 g/mol. The summed E-state index contributed by atoms with van der Waals surface area (Å²) in [4.78, 5) is 38.9. The Morgan fingerprint density at radius 2 is 2.05 bits per heavy atom. The van der Waals surface area contributed by atoms with Crippen LogP contribution in [0.2, 0.25) is 0 Å². The maximum absolute atomic E-state index is 12.1. The van der Waals surface area contributed by atoms with E-state index < -0.39 is 11.9 Å². The molecule has 20 heavy (non-hydrogen) atoms. The van der Waals surface area contributed by atoms with Crippen molar-refractivity contribution in [3.8, 4) is 0 Å². The molecule has 1 aliphatic rings. The van der Waals surface area contributed by atoms with Gasteiger partial charge in [0.2, 0.25) is 5.91 Å². The van der Waals surface area contributed by atoms with E-state index in [1.54, 1.807) is 12.1 Å². The van der Waals surface area contributed by atoms with Gasteiger partial charge in [-0.1, -0.05) is 0 Å². The zero-order valence-electron chi connectivity index (χ0n) is 11.0. The lowest BCUT2D eigenvalue weighted by molar-refractivity contribution is -0.124. The second-order valence-electron chi connectivity index (χ2n) is 4.98. The zero-order chi connectivity index (χ0) is 14.5. The Kier molecular flexibility index (Phi) is 4.45. The number of rotatable bonds is 4. The van der Waals surface area contributed by atoms with Gasteiger partial charge in [0.05, 0.1) is 0 Å². The predicted octanol–water partition coefficient (Wildman–Crippen LogP) is 0.425. The first-order chi connectivity index (χ1) is 9.58. The van der Waals surface area contributed by atoms with Crippen LogP contribution in [-0.4, -0.2) is 28.6 Å². The molecule has 2 atom stereocenters. The number of nitrogens with two attached hydrogens (primary N) is 1. The fourth-order valence-electron chi connectivity index (χ4n) is 2.49. The molecule has 0 aromatic carbocycles. The number of hydrogen-bond acceptors (Lipinski definition) is 4. The first kappa shape index (κ1) is 14.2. The molecule has 1 aliphatic carbocycles. The van der Waals surface area contributed by atoms with E-state index >= 15 is 0 Å². The summed E-state index contributed by atoms with van der Waals surface area (Å²) in [5.74, 6) is -1.08. The molecule has 3 N–H and O–H groups in total. The Morgan fingerprint density at radius 1 is 1.35 bits per heavy atom. The van der Waals surface area contributed by atoms with Crippen molar-refractivity contribution in [1.29, 1.82) is 0 Å². The number of aromatic nitrogens is 1. The molecule has 0 radical (unpaired) electrons. The topological polar surface area (TPSA) is 102 Å². The van der Waals surface area contributed by atoms with Crippen LogP contribution in [0.5, 0.6) is 0 Å². The Balaban J connectivity index is 2.08. The molecule has 1 aromatic rings. The van der Waals surface area contributed by atoms with E-state index in [9.17, 15) is 14.4 Å². The van der Waals surface area contributed by atoms with Crippen LogP contribution in [0.15, 0.2) is 24.5 Å². The van der Waals surface area contributed by atoms with Crippen molar-refractivity contribution in [3.05, 3.63) is 30.1 Å². The van der Waals surface area contributed by atoms with Gasteiger partial charge in [-0.25, -0.2) is 0 Å². The van der Waals surface area contributed by atoms with Gasteiger partial charge in [-0.05, 0) is 30.9 Å². The molecule has 1 aromatic heterocycles.